The molecule has 1 aromatic rings. The first-order valence-corrected chi connectivity index (χ1v) is 6.27. The highest BCUT2D eigenvalue weighted by atomic mass is 79.9. The molecule has 0 aromatic heterocycles. The Balaban J connectivity index is 0.00000144. The highest BCUT2D eigenvalue weighted by Crippen LogP contribution is 2.36. The summed E-state index contributed by atoms with van der Waals surface area (Å²) in [5, 5.41) is 12.6. The molecule has 1 fully saturated rings. The Hall–Kier alpha value is -0.460. The van der Waals surface area contributed by atoms with Gasteiger partial charge in [0, 0.05) is 16.5 Å². The van der Waals surface area contributed by atoms with Gasteiger partial charge in [-0.2, -0.15) is 0 Å². The number of halogens is 3. The fraction of sp³-hybridized carbons (Fsp3) is 0.300. The molecule has 1 aliphatic rings. The molecule has 0 spiro atoms. The molecule has 0 saturated carbocycles. The molecule has 0 radical (unpaired) electrons. The zero-order chi connectivity index (χ0) is 11.7. The summed E-state index contributed by atoms with van der Waals surface area (Å²) in [5.41, 5.74) is 0.679. The van der Waals surface area contributed by atoms with Crippen LogP contribution in [0.5, 0.6) is 5.75 Å². The number of aromatic hydroxyl groups is 1. The van der Waals surface area contributed by atoms with Gasteiger partial charge in [0.1, 0.15) is 5.75 Å². The summed E-state index contributed by atoms with van der Waals surface area (Å²) in [4.78, 5) is 11.1. The molecular weight excluding hydrogens is 377 g/mol. The Kier molecular flexibility index (Phi) is 5.09. The summed E-state index contributed by atoms with van der Waals surface area (Å²) in [7, 11) is 0. The van der Waals surface area contributed by atoms with Gasteiger partial charge in [-0.25, -0.2) is 4.79 Å². The molecule has 1 heterocycles. The molecule has 0 bridgehead atoms. The molecule has 17 heavy (non-hydrogen) atoms. The van der Waals surface area contributed by atoms with Crippen LogP contribution < -0.4 is 5.32 Å². The van der Waals surface area contributed by atoms with Crippen molar-refractivity contribution in [3.8, 4) is 5.75 Å². The molecule has 94 valence electrons. The number of ether oxygens (including phenoxy) is 1. The highest BCUT2D eigenvalue weighted by Gasteiger charge is 2.24. The SMILES string of the molecule is Cl.O=C1N[C@@H](c2cc(Br)cc(Br)c2O)CCO1. The van der Waals surface area contributed by atoms with Crippen LogP contribution in [0, 0.1) is 0 Å². The Morgan fingerprint density at radius 1 is 1.41 bits per heavy atom. The first kappa shape index (κ1) is 14.6. The summed E-state index contributed by atoms with van der Waals surface area (Å²) in [6.07, 6.45) is 0.189. The predicted molar refractivity (Wildman–Crippen MR) is 72.6 cm³/mol. The van der Waals surface area contributed by atoms with Crippen LogP contribution >= 0.6 is 44.3 Å². The lowest BCUT2D eigenvalue weighted by molar-refractivity contribution is 0.115. The van der Waals surface area contributed by atoms with E-state index < -0.39 is 6.09 Å². The van der Waals surface area contributed by atoms with Gasteiger partial charge in [-0.1, -0.05) is 15.9 Å². The number of hydrogen-bond acceptors (Lipinski definition) is 3. The van der Waals surface area contributed by atoms with Gasteiger partial charge in [0.2, 0.25) is 0 Å². The summed E-state index contributed by atoms with van der Waals surface area (Å²) in [6.45, 7) is 0.361. The van der Waals surface area contributed by atoms with E-state index in [9.17, 15) is 9.90 Å². The molecular formula is C10H10Br2ClNO3. The van der Waals surface area contributed by atoms with Gasteiger partial charge in [-0.05, 0) is 28.1 Å². The Morgan fingerprint density at radius 3 is 2.76 bits per heavy atom. The van der Waals surface area contributed by atoms with Crippen molar-refractivity contribution in [2.24, 2.45) is 0 Å². The zero-order valence-corrected chi connectivity index (χ0v) is 12.6. The van der Waals surface area contributed by atoms with Crippen molar-refractivity contribution in [3.05, 3.63) is 26.6 Å². The van der Waals surface area contributed by atoms with Gasteiger partial charge in [0.15, 0.2) is 0 Å². The lowest BCUT2D eigenvalue weighted by Gasteiger charge is -2.24. The van der Waals surface area contributed by atoms with Crippen molar-refractivity contribution in [1.82, 2.24) is 5.32 Å². The molecule has 1 aromatic carbocycles. The molecule has 0 unspecified atom stereocenters. The highest BCUT2D eigenvalue weighted by molar-refractivity contribution is 9.11. The number of hydrogen-bond donors (Lipinski definition) is 2. The van der Waals surface area contributed by atoms with Gasteiger partial charge in [-0.3, -0.25) is 0 Å². The molecule has 2 rings (SSSR count). The van der Waals surface area contributed by atoms with Crippen LogP contribution in [-0.2, 0) is 4.74 Å². The van der Waals surface area contributed by atoms with E-state index in [1.165, 1.54) is 0 Å². The maximum atomic E-state index is 11.1. The average molecular weight is 387 g/mol. The van der Waals surface area contributed by atoms with E-state index in [1.54, 1.807) is 12.1 Å². The second kappa shape index (κ2) is 5.93. The average Bonchev–Trinajstić information content (AvgIpc) is 2.23. The third kappa shape index (κ3) is 3.26. The van der Waals surface area contributed by atoms with Crippen molar-refractivity contribution >= 4 is 50.4 Å². The van der Waals surface area contributed by atoms with Gasteiger partial charge >= 0.3 is 6.09 Å². The zero-order valence-electron chi connectivity index (χ0n) is 8.57. The van der Waals surface area contributed by atoms with Crippen molar-refractivity contribution in [2.75, 3.05) is 6.61 Å². The molecule has 7 heteroatoms. The smallest absolute Gasteiger partial charge is 0.407 e. The number of benzene rings is 1. The number of carbonyl (C=O) groups is 1. The molecule has 2 N–H and O–H groups in total. The summed E-state index contributed by atoms with van der Waals surface area (Å²) in [6, 6.07) is 3.33. The molecule has 1 aliphatic heterocycles. The minimum absolute atomic E-state index is 0. The standard InChI is InChI=1S/C10H9Br2NO3.ClH/c11-5-3-6(9(14)7(12)4-5)8-1-2-16-10(15)13-8;/h3-4,8,14H,1-2H2,(H,13,15);1H/t8-;/m1./s1. The Bertz CT molecular complexity index is 442. The molecule has 4 nitrogen and oxygen atoms in total. The van der Waals surface area contributed by atoms with E-state index in [4.69, 9.17) is 4.74 Å². The minimum atomic E-state index is -0.452. The number of phenolic OH excluding ortho intramolecular Hbond substituents is 1. The van der Waals surface area contributed by atoms with Crippen LogP contribution in [0.2, 0.25) is 0 Å². The molecule has 0 aliphatic carbocycles. The van der Waals surface area contributed by atoms with E-state index in [0.717, 1.165) is 4.47 Å². The van der Waals surface area contributed by atoms with Gasteiger partial charge in [0.25, 0.3) is 0 Å². The van der Waals surface area contributed by atoms with Gasteiger partial charge in [0.05, 0.1) is 17.1 Å². The monoisotopic (exact) mass is 385 g/mol. The van der Waals surface area contributed by atoms with E-state index in [1.807, 2.05) is 0 Å². The van der Waals surface area contributed by atoms with Crippen LogP contribution in [0.15, 0.2) is 21.1 Å². The fourth-order valence-electron chi connectivity index (χ4n) is 1.61. The number of phenols is 1. The van der Waals surface area contributed by atoms with Gasteiger partial charge < -0.3 is 15.2 Å². The number of rotatable bonds is 1. The summed E-state index contributed by atoms with van der Waals surface area (Å²) in [5.74, 6) is 0.149. The minimum Gasteiger partial charge on any atom is -0.506 e. The summed E-state index contributed by atoms with van der Waals surface area (Å²) < 4.78 is 6.21. The third-order valence-electron chi connectivity index (χ3n) is 2.36. The number of amides is 1. The van der Waals surface area contributed by atoms with E-state index >= 15 is 0 Å². The first-order chi connectivity index (χ1) is 7.58. The third-order valence-corrected chi connectivity index (χ3v) is 3.43. The quantitative estimate of drug-likeness (QED) is 0.775. The molecule has 1 amide bonds. The van der Waals surface area contributed by atoms with Crippen molar-refractivity contribution < 1.29 is 14.6 Å². The van der Waals surface area contributed by atoms with Crippen molar-refractivity contribution in [3.63, 3.8) is 0 Å². The number of alkyl carbamates (subject to hydrolysis) is 1. The van der Waals surface area contributed by atoms with Crippen LogP contribution in [0.25, 0.3) is 0 Å². The van der Waals surface area contributed by atoms with Crippen molar-refractivity contribution in [2.45, 2.75) is 12.5 Å². The maximum Gasteiger partial charge on any atom is 0.407 e. The fourth-order valence-corrected chi connectivity index (χ4v) is 2.87. The summed E-state index contributed by atoms with van der Waals surface area (Å²) >= 11 is 6.60. The lowest BCUT2D eigenvalue weighted by Crippen LogP contribution is -2.35. The number of nitrogens with one attached hydrogen (secondary N) is 1. The van der Waals surface area contributed by atoms with Crippen LogP contribution in [0.1, 0.15) is 18.0 Å². The number of carbonyl (C=O) groups excluding carboxylic acids is 1. The van der Waals surface area contributed by atoms with E-state index in [0.29, 0.717) is 23.1 Å². The molecule has 1 saturated heterocycles. The first-order valence-electron chi connectivity index (χ1n) is 4.69. The number of cyclic esters (lactones) is 1. The van der Waals surface area contributed by atoms with Crippen molar-refractivity contribution in [1.29, 1.82) is 0 Å². The van der Waals surface area contributed by atoms with E-state index in [-0.39, 0.29) is 24.2 Å². The topological polar surface area (TPSA) is 58.6 Å². The Labute approximate surface area is 121 Å². The van der Waals surface area contributed by atoms with E-state index in [2.05, 4.69) is 37.2 Å². The van der Waals surface area contributed by atoms with Crippen LogP contribution in [0.3, 0.4) is 0 Å². The predicted octanol–water partition coefficient (Wildman–Crippen LogP) is 3.51. The van der Waals surface area contributed by atoms with Gasteiger partial charge in [-0.15, -0.1) is 12.4 Å². The second-order valence-electron chi connectivity index (χ2n) is 3.45. The molecule has 1 atom stereocenters. The Morgan fingerprint density at radius 2 is 2.12 bits per heavy atom. The van der Waals surface area contributed by atoms with Crippen LogP contribution in [-0.4, -0.2) is 17.8 Å². The van der Waals surface area contributed by atoms with Crippen LogP contribution in [0.4, 0.5) is 4.79 Å². The maximum absolute atomic E-state index is 11.1. The lowest BCUT2D eigenvalue weighted by atomic mass is 10.0. The largest absolute Gasteiger partial charge is 0.506 e. The second-order valence-corrected chi connectivity index (χ2v) is 5.22. The normalized spacial score (nSPS) is 18.9.